The van der Waals surface area contributed by atoms with E-state index < -0.39 is 0 Å². The Balaban J connectivity index is 1.83. The number of hydrogen-bond donors (Lipinski definition) is 1. The maximum atomic E-state index is 5.17. The van der Waals surface area contributed by atoms with Crippen LogP contribution in [0.1, 0.15) is 45.4 Å². The quantitative estimate of drug-likeness (QED) is 0.468. The van der Waals surface area contributed by atoms with Gasteiger partial charge in [-0.2, -0.15) is 0 Å². The van der Waals surface area contributed by atoms with Crippen LogP contribution in [-0.2, 0) is 0 Å². The van der Waals surface area contributed by atoms with Crippen molar-refractivity contribution in [1.29, 1.82) is 0 Å². The van der Waals surface area contributed by atoms with Crippen LogP contribution >= 0.6 is 0 Å². The molecule has 1 unspecified atom stereocenters. The van der Waals surface area contributed by atoms with E-state index >= 15 is 0 Å². The predicted octanol–water partition coefficient (Wildman–Crippen LogP) is 2.57. The maximum absolute atomic E-state index is 5.17. The van der Waals surface area contributed by atoms with Gasteiger partial charge < -0.3 is 5.32 Å². The molecule has 1 aliphatic carbocycles. The first kappa shape index (κ1) is 10.6. The molecule has 1 heteroatoms. The van der Waals surface area contributed by atoms with Crippen molar-refractivity contribution in [2.75, 3.05) is 6.54 Å². The van der Waals surface area contributed by atoms with Gasteiger partial charge >= 0.3 is 0 Å². The summed E-state index contributed by atoms with van der Waals surface area (Å²) >= 11 is 0. The van der Waals surface area contributed by atoms with Crippen LogP contribution in [-0.4, -0.2) is 12.6 Å². The second-order valence-electron chi connectivity index (χ2n) is 4.20. The number of hydrogen-bond acceptors (Lipinski definition) is 1. The fourth-order valence-corrected chi connectivity index (χ4v) is 1.64. The van der Waals surface area contributed by atoms with Crippen molar-refractivity contribution >= 4 is 0 Å². The molecule has 1 aliphatic rings. The molecule has 0 amide bonds. The van der Waals surface area contributed by atoms with Gasteiger partial charge in [0.15, 0.2) is 0 Å². The molecule has 1 rings (SSSR count). The van der Waals surface area contributed by atoms with Gasteiger partial charge in [-0.1, -0.05) is 12.8 Å². The molecular formula is C12H21N. The summed E-state index contributed by atoms with van der Waals surface area (Å²) in [5.74, 6) is 3.71. The van der Waals surface area contributed by atoms with Crippen LogP contribution < -0.4 is 5.32 Å². The molecule has 0 heterocycles. The van der Waals surface area contributed by atoms with E-state index in [9.17, 15) is 0 Å². The van der Waals surface area contributed by atoms with Crippen LogP contribution in [0.2, 0.25) is 0 Å². The van der Waals surface area contributed by atoms with E-state index in [0.717, 1.165) is 18.9 Å². The molecule has 0 bridgehead atoms. The summed E-state index contributed by atoms with van der Waals surface area (Å²) in [6.07, 6.45) is 12.8. The Kier molecular flexibility index (Phi) is 4.93. The predicted molar refractivity (Wildman–Crippen MR) is 57.5 cm³/mol. The van der Waals surface area contributed by atoms with Crippen LogP contribution in [0.15, 0.2) is 0 Å². The Bertz CT molecular complexity index is 164. The van der Waals surface area contributed by atoms with E-state index in [-0.39, 0.29) is 0 Å². The molecule has 1 fully saturated rings. The van der Waals surface area contributed by atoms with E-state index in [4.69, 9.17) is 6.42 Å². The summed E-state index contributed by atoms with van der Waals surface area (Å²) in [5, 5.41) is 3.54. The molecule has 0 saturated heterocycles. The molecule has 1 nitrogen and oxygen atoms in total. The van der Waals surface area contributed by atoms with Crippen molar-refractivity contribution in [1.82, 2.24) is 5.32 Å². The van der Waals surface area contributed by atoms with Gasteiger partial charge in [-0.3, -0.25) is 0 Å². The summed E-state index contributed by atoms with van der Waals surface area (Å²) < 4.78 is 0. The Morgan fingerprint density at radius 2 is 2.23 bits per heavy atom. The van der Waals surface area contributed by atoms with Crippen LogP contribution in [0.4, 0.5) is 0 Å². The van der Waals surface area contributed by atoms with E-state index in [1.165, 1.54) is 32.1 Å². The molecule has 1 saturated carbocycles. The van der Waals surface area contributed by atoms with Crippen molar-refractivity contribution in [2.24, 2.45) is 5.92 Å². The van der Waals surface area contributed by atoms with Crippen molar-refractivity contribution < 1.29 is 0 Å². The third-order valence-electron chi connectivity index (χ3n) is 2.62. The average Bonchev–Trinajstić information content (AvgIpc) is 2.88. The van der Waals surface area contributed by atoms with E-state index in [2.05, 4.69) is 18.2 Å². The van der Waals surface area contributed by atoms with Gasteiger partial charge in [0, 0.05) is 12.5 Å². The molecule has 1 atom stereocenters. The molecule has 1 N–H and O–H groups in total. The Labute approximate surface area is 82.3 Å². The second kappa shape index (κ2) is 6.05. The fourth-order valence-electron chi connectivity index (χ4n) is 1.64. The average molecular weight is 179 g/mol. The Morgan fingerprint density at radius 1 is 1.46 bits per heavy atom. The minimum Gasteiger partial charge on any atom is -0.314 e. The standard InChI is InChI=1S/C12H21N/c1-3-4-5-6-9-13-11(2)10-12-7-8-12/h1,11-13H,4-10H2,2H3. The monoisotopic (exact) mass is 179 g/mol. The first-order valence-electron chi connectivity index (χ1n) is 5.49. The number of nitrogens with one attached hydrogen (secondary N) is 1. The lowest BCUT2D eigenvalue weighted by Gasteiger charge is -2.12. The summed E-state index contributed by atoms with van der Waals surface area (Å²) in [7, 11) is 0. The topological polar surface area (TPSA) is 12.0 Å². The molecule has 74 valence electrons. The SMILES string of the molecule is C#CCCCCNC(C)CC1CC1. The normalized spacial score (nSPS) is 18.2. The van der Waals surface area contributed by atoms with Crippen LogP contribution in [0.5, 0.6) is 0 Å². The molecule has 0 aromatic rings. The van der Waals surface area contributed by atoms with Gasteiger partial charge in [-0.15, -0.1) is 12.3 Å². The van der Waals surface area contributed by atoms with Gasteiger partial charge in [0.05, 0.1) is 0 Å². The lowest BCUT2D eigenvalue weighted by molar-refractivity contribution is 0.479. The van der Waals surface area contributed by atoms with Crippen molar-refractivity contribution in [3.05, 3.63) is 0 Å². The number of terminal acetylenes is 1. The first-order valence-corrected chi connectivity index (χ1v) is 5.49. The van der Waals surface area contributed by atoms with E-state index in [1.54, 1.807) is 0 Å². The van der Waals surface area contributed by atoms with Gasteiger partial charge in [-0.05, 0) is 38.6 Å². The molecule has 0 aliphatic heterocycles. The highest BCUT2D eigenvalue weighted by molar-refractivity contribution is 4.83. The van der Waals surface area contributed by atoms with Crippen LogP contribution in [0.25, 0.3) is 0 Å². The Hall–Kier alpha value is -0.480. The molecular weight excluding hydrogens is 158 g/mol. The molecule has 0 aromatic carbocycles. The maximum Gasteiger partial charge on any atom is 0.00865 e. The summed E-state index contributed by atoms with van der Waals surface area (Å²) in [6.45, 7) is 3.43. The van der Waals surface area contributed by atoms with Gasteiger partial charge in [0.1, 0.15) is 0 Å². The zero-order valence-corrected chi connectivity index (χ0v) is 8.68. The smallest absolute Gasteiger partial charge is 0.00865 e. The fraction of sp³-hybridized carbons (Fsp3) is 0.833. The molecule has 13 heavy (non-hydrogen) atoms. The number of unbranched alkanes of at least 4 members (excludes halogenated alkanes) is 2. The third-order valence-corrected chi connectivity index (χ3v) is 2.62. The zero-order valence-electron chi connectivity index (χ0n) is 8.68. The number of rotatable bonds is 7. The summed E-state index contributed by atoms with van der Waals surface area (Å²) in [4.78, 5) is 0. The molecule has 0 radical (unpaired) electrons. The first-order chi connectivity index (χ1) is 6.33. The lowest BCUT2D eigenvalue weighted by atomic mass is 10.1. The van der Waals surface area contributed by atoms with Gasteiger partial charge in [0.2, 0.25) is 0 Å². The van der Waals surface area contributed by atoms with Gasteiger partial charge in [-0.25, -0.2) is 0 Å². The highest BCUT2D eigenvalue weighted by Crippen LogP contribution is 2.33. The highest BCUT2D eigenvalue weighted by Gasteiger charge is 2.22. The highest BCUT2D eigenvalue weighted by atomic mass is 14.9. The van der Waals surface area contributed by atoms with Crippen LogP contribution in [0, 0.1) is 18.3 Å². The molecule has 0 spiro atoms. The molecule has 0 aromatic heterocycles. The minimum absolute atomic E-state index is 0.707. The Morgan fingerprint density at radius 3 is 2.85 bits per heavy atom. The summed E-state index contributed by atoms with van der Waals surface area (Å²) in [5.41, 5.74) is 0. The lowest BCUT2D eigenvalue weighted by Crippen LogP contribution is -2.27. The third kappa shape index (κ3) is 5.71. The minimum atomic E-state index is 0.707. The zero-order chi connectivity index (χ0) is 9.52. The largest absolute Gasteiger partial charge is 0.314 e. The van der Waals surface area contributed by atoms with Gasteiger partial charge in [0.25, 0.3) is 0 Å². The second-order valence-corrected chi connectivity index (χ2v) is 4.20. The summed E-state index contributed by atoms with van der Waals surface area (Å²) in [6, 6.07) is 0.707. The van der Waals surface area contributed by atoms with E-state index in [1.807, 2.05) is 0 Å². The van der Waals surface area contributed by atoms with E-state index in [0.29, 0.717) is 6.04 Å². The van der Waals surface area contributed by atoms with Crippen molar-refractivity contribution in [3.8, 4) is 12.3 Å². The van der Waals surface area contributed by atoms with Crippen molar-refractivity contribution in [2.45, 2.75) is 51.5 Å². The van der Waals surface area contributed by atoms with Crippen molar-refractivity contribution in [3.63, 3.8) is 0 Å². The van der Waals surface area contributed by atoms with Crippen LogP contribution in [0.3, 0.4) is 0 Å².